The van der Waals surface area contributed by atoms with E-state index < -0.39 is 0 Å². The summed E-state index contributed by atoms with van der Waals surface area (Å²) in [5.41, 5.74) is 3.42. The standard InChI is InChI=1S/C20H28ClN5O/c1-15-19(16(2)27-24-15)7-8-23-20(22-3)26-11-9-25(10-12-26)14-17-5-4-6-18(21)13-17/h4-6,13H,7-12,14H2,1-3H3,(H,22,23). The van der Waals surface area contributed by atoms with Crippen LogP contribution in [-0.2, 0) is 13.0 Å². The third-order valence-corrected chi connectivity index (χ3v) is 5.25. The predicted octanol–water partition coefficient (Wildman–Crippen LogP) is 2.88. The van der Waals surface area contributed by atoms with Gasteiger partial charge >= 0.3 is 0 Å². The van der Waals surface area contributed by atoms with Gasteiger partial charge in [-0.25, -0.2) is 0 Å². The molecule has 1 aliphatic heterocycles. The fraction of sp³-hybridized carbons (Fsp3) is 0.500. The lowest BCUT2D eigenvalue weighted by molar-refractivity contribution is 0.172. The van der Waals surface area contributed by atoms with Gasteiger partial charge in [0.05, 0.1) is 5.69 Å². The van der Waals surface area contributed by atoms with Crippen molar-refractivity contribution in [1.82, 2.24) is 20.3 Å². The quantitative estimate of drug-likeness (QED) is 0.629. The predicted molar refractivity (Wildman–Crippen MR) is 109 cm³/mol. The molecule has 0 aliphatic carbocycles. The molecule has 0 unspecified atom stereocenters. The Morgan fingerprint density at radius 2 is 2.04 bits per heavy atom. The molecular weight excluding hydrogens is 362 g/mol. The lowest BCUT2D eigenvalue weighted by Crippen LogP contribution is -2.52. The van der Waals surface area contributed by atoms with Crippen LogP contribution in [0.15, 0.2) is 33.8 Å². The number of benzene rings is 1. The zero-order chi connectivity index (χ0) is 19.2. The van der Waals surface area contributed by atoms with Crippen LogP contribution in [0.1, 0.15) is 22.6 Å². The highest BCUT2D eigenvalue weighted by Crippen LogP contribution is 2.14. The zero-order valence-corrected chi connectivity index (χ0v) is 17.1. The number of hydrogen-bond donors (Lipinski definition) is 1. The van der Waals surface area contributed by atoms with Crippen LogP contribution < -0.4 is 5.32 Å². The second-order valence-corrected chi connectivity index (χ2v) is 7.36. The first-order valence-corrected chi connectivity index (χ1v) is 9.78. The first kappa shape index (κ1) is 19.7. The smallest absolute Gasteiger partial charge is 0.193 e. The van der Waals surface area contributed by atoms with E-state index in [0.29, 0.717) is 0 Å². The van der Waals surface area contributed by atoms with Crippen LogP contribution in [0.3, 0.4) is 0 Å². The second-order valence-electron chi connectivity index (χ2n) is 6.92. The number of aliphatic imine (C=N–C) groups is 1. The summed E-state index contributed by atoms with van der Waals surface area (Å²) in [4.78, 5) is 9.23. The lowest BCUT2D eigenvalue weighted by Gasteiger charge is -2.36. The number of nitrogens with one attached hydrogen (secondary N) is 1. The molecule has 1 aliphatic rings. The average Bonchev–Trinajstić information content (AvgIpc) is 2.98. The summed E-state index contributed by atoms with van der Waals surface area (Å²) in [6.45, 7) is 9.65. The van der Waals surface area contributed by atoms with Gasteiger partial charge in [-0.15, -0.1) is 0 Å². The maximum atomic E-state index is 6.09. The van der Waals surface area contributed by atoms with E-state index in [9.17, 15) is 0 Å². The van der Waals surface area contributed by atoms with Gasteiger partial charge in [0.25, 0.3) is 0 Å². The van der Waals surface area contributed by atoms with Gasteiger partial charge in [0.2, 0.25) is 0 Å². The zero-order valence-electron chi connectivity index (χ0n) is 16.3. The van der Waals surface area contributed by atoms with Crippen molar-refractivity contribution in [2.75, 3.05) is 39.8 Å². The van der Waals surface area contributed by atoms with Crippen molar-refractivity contribution in [1.29, 1.82) is 0 Å². The molecule has 2 aromatic rings. The van der Waals surface area contributed by atoms with Gasteiger partial charge in [-0.1, -0.05) is 28.9 Å². The number of nitrogens with zero attached hydrogens (tertiary/aromatic N) is 4. The number of aromatic nitrogens is 1. The number of piperazine rings is 1. The fourth-order valence-corrected chi connectivity index (χ4v) is 3.71. The molecule has 27 heavy (non-hydrogen) atoms. The molecule has 0 atom stereocenters. The van der Waals surface area contributed by atoms with Gasteiger partial charge in [-0.05, 0) is 38.0 Å². The number of guanidine groups is 1. The van der Waals surface area contributed by atoms with Gasteiger partial charge in [-0.2, -0.15) is 0 Å². The van der Waals surface area contributed by atoms with Crippen molar-refractivity contribution in [2.45, 2.75) is 26.8 Å². The number of rotatable bonds is 5. The maximum Gasteiger partial charge on any atom is 0.193 e. The molecule has 0 radical (unpaired) electrons. The highest BCUT2D eigenvalue weighted by Gasteiger charge is 2.20. The molecule has 146 valence electrons. The molecule has 7 heteroatoms. The van der Waals surface area contributed by atoms with Gasteiger partial charge in [0.15, 0.2) is 5.96 Å². The average molecular weight is 390 g/mol. The minimum atomic E-state index is 0.800. The Morgan fingerprint density at radius 3 is 2.67 bits per heavy atom. The van der Waals surface area contributed by atoms with Crippen molar-refractivity contribution in [2.24, 2.45) is 4.99 Å². The number of aryl methyl sites for hydroxylation is 2. The van der Waals surface area contributed by atoms with Gasteiger partial charge < -0.3 is 14.7 Å². The molecule has 6 nitrogen and oxygen atoms in total. The van der Waals surface area contributed by atoms with Gasteiger partial charge in [0.1, 0.15) is 5.76 Å². The Hall–Kier alpha value is -2.05. The maximum absolute atomic E-state index is 6.09. The summed E-state index contributed by atoms with van der Waals surface area (Å²) in [6, 6.07) is 8.11. The van der Waals surface area contributed by atoms with Crippen molar-refractivity contribution in [3.8, 4) is 0 Å². The lowest BCUT2D eigenvalue weighted by atomic mass is 10.1. The molecule has 1 aromatic heterocycles. The minimum absolute atomic E-state index is 0.800. The van der Waals surface area contributed by atoms with Crippen LogP contribution in [0.5, 0.6) is 0 Å². The monoisotopic (exact) mass is 389 g/mol. The van der Waals surface area contributed by atoms with E-state index in [1.807, 2.05) is 39.1 Å². The summed E-state index contributed by atoms with van der Waals surface area (Å²) < 4.78 is 5.23. The fourth-order valence-electron chi connectivity index (χ4n) is 3.50. The Bertz CT molecular complexity index is 761. The molecule has 3 rings (SSSR count). The minimum Gasteiger partial charge on any atom is -0.361 e. The highest BCUT2D eigenvalue weighted by atomic mass is 35.5. The van der Waals surface area contributed by atoms with Crippen LogP contribution in [0.4, 0.5) is 0 Å². The van der Waals surface area contributed by atoms with Crippen LogP contribution in [0.2, 0.25) is 5.02 Å². The summed E-state index contributed by atoms with van der Waals surface area (Å²) in [5.74, 6) is 1.86. The van der Waals surface area contributed by atoms with E-state index in [4.69, 9.17) is 16.1 Å². The molecule has 1 aromatic carbocycles. The molecular formula is C20H28ClN5O. The van der Waals surface area contributed by atoms with E-state index in [-0.39, 0.29) is 0 Å². The van der Waals surface area contributed by atoms with Crippen LogP contribution >= 0.6 is 11.6 Å². The van der Waals surface area contributed by atoms with Gasteiger partial charge in [0, 0.05) is 56.9 Å². The Morgan fingerprint density at radius 1 is 1.26 bits per heavy atom. The largest absolute Gasteiger partial charge is 0.361 e. The Labute approximate surface area is 166 Å². The van der Waals surface area contributed by atoms with Crippen LogP contribution in [-0.4, -0.2) is 60.7 Å². The third-order valence-electron chi connectivity index (χ3n) is 5.02. The Balaban J connectivity index is 1.46. The van der Waals surface area contributed by atoms with Crippen molar-refractivity contribution < 1.29 is 4.52 Å². The first-order chi connectivity index (χ1) is 13.1. The first-order valence-electron chi connectivity index (χ1n) is 9.41. The third kappa shape index (κ3) is 5.23. The molecule has 1 N–H and O–H groups in total. The van der Waals surface area contributed by atoms with Crippen molar-refractivity contribution in [3.63, 3.8) is 0 Å². The SMILES string of the molecule is CN=C(NCCc1c(C)noc1C)N1CCN(Cc2cccc(Cl)c2)CC1. The summed E-state index contributed by atoms with van der Waals surface area (Å²) in [6.07, 6.45) is 0.884. The van der Waals surface area contributed by atoms with Crippen molar-refractivity contribution >= 4 is 17.6 Å². The molecule has 2 heterocycles. The molecule has 0 bridgehead atoms. The highest BCUT2D eigenvalue weighted by molar-refractivity contribution is 6.30. The van der Waals surface area contributed by atoms with E-state index in [1.165, 1.54) is 11.1 Å². The van der Waals surface area contributed by atoms with Crippen LogP contribution in [0.25, 0.3) is 0 Å². The normalized spacial score (nSPS) is 16.0. The van der Waals surface area contributed by atoms with E-state index >= 15 is 0 Å². The number of halogens is 1. The topological polar surface area (TPSA) is 56.9 Å². The molecule has 0 amide bonds. The van der Waals surface area contributed by atoms with Gasteiger partial charge in [-0.3, -0.25) is 9.89 Å². The second kappa shape index (κ2) is 9.24. The summed E-state index contributed by atoms with van der Waals surface area (Å²) >= 11 is 6.09. The summed E-state index contributed by atoms with van der Waals surface area (Å²) in [7, 11) is 1.84. The Kier molecular flexibility index (Phi) is 6.74. The molecule has 1 fully saturated rings. The van der Waals surface area contributed by atoms with Crippen molar-refractivity contribution in [3.05, 3.63) is 51.9 Å². The molecule has 1 saturated heterocycles. The van der Waals surface area contributed by atoms with E-state index in [0.717, 1.165) is 68.1 Å². The molecule has 0 saturated carbocycles. The van der Waals surface area contributed by atoms with E-state index in [1.54, 1.807) is 0 Å². The van der Waals surface area contributed by atoms with Crippen LogP contribution in [0, 0.1) is 13.8 Å². The number of hydrogen-bond acceptors (Lipinski definition) is 4. The summed E-state index contributed by atoms with van der Waals surface area (Å²) in [5, 5.41) is 8.29. The van der Waals surface area contributed by atoms with E-state index in [2.05, 4.69) is 31.3 Å². The molecule has 0 spiro atoms.